The Morgan fingerprint density at radius 2 is 1.91 bits per heavy atom. The van der Waals surface area contributed by atoms with Crippen molar-refractivity contribution >= 4 is 35.0 Å². The summed E-state index contributed by atoms with van der Waals surface area (Å²) in [7, 11) is 0. The molecule has 7 heteroatoms. The van der Waals surface area contributed by atoms with E-state index in [2.05, 4.69) is 10.6 Å². The van der Waals surface area contributed by atoms with Gasteiger partial charge in [0.2, 0.25) is 5.91 Å². The number of carbonyl (C=O) groups excluding carboxylic acids is 2. The van der Waals surface area contributed by atoms with Crippen LogP contribution >= 0.6 is 23.2 Å². The maximum atomic E-state index is 11.9. The highest BCUT2D eigenvalue weighted by atomic mass is 35.5. The van der Waals surface area contributed by atoms with E-state index in [0.717, 1.165) is 0 Å². The van der Waals surface area contributed by atoms with Gasteiger partial charge in [0.15, 0.2) is 6.10 Å². The lowest BCUT2D eigenvalue weighted by Gasteiger charge is -2.21. The van der Waals surface area contributed by atoms with Gasteiger partial charge in [-0.25, -0.2) is 0 Å². The summed E-state index contributed by atoms with van der Waals surface area (Å²) in [6.45, 7) is 7.04. The van der Waals surface area contributed by atoms with Crippen LogP contribution in [-0.4, -0.2) is 30.0 Å². The third-order valence-electron chi connectivity index (χ3n) is 2.50. The van der Waals surface area contributed by atoms with Crippen LogP contribution < -0.4 is 15.4 Å². The average molecular weight is 347 g/mol. The minimum absolute atomic E-state index is 0.113. The highest BCUT2D eigenvalue weighted by Crippen LogP contribution is 2.28. The minimum Gasteiger partial charge on any atom is -0.479 e. The molecule has 0 saturated carbocycles. The first-order valence-electron chi connectivity index (χ1n) is 6.79. The fourth-order valence-electron chi connectivity index (χ4n) is 1.59. The van der Waals surface area contributed by atoms with E-state index < -0.39 is 12.0 Å². The van der Waals surface area contributed by atoms with Crippen LogP contribution in [0.1, 0.15) is 27.7 Å². The number of halogens is 2. The number of benzene rings is 1. The Labute approximate surface area is 140 Å². The molecule has 0 bridgehead atoms. The van der Waals surface area contributed by atoms with Crippen LogP contribution in [0.5, 0.6) is 5.75 Å². The predicted molar refractivity (Wildman–Crippen MR) is 87.5 cm³/mol. The zero-order valence-electron chi connectivity index (χ0n) is 13.0. The lowest BCUT2D eigenvalue weighted by molar-refractivity contribution is -0.130. The molecule has 1 aromatic carbocycles. The number of ether oxygens (including phenoxy) is 1. The molecule has 22 heavy (non-hydrogen) atoms. The van der Waals surface area contributed by atoms with Gasteiger partial charge < -0.3 is 15.4 Å². The van der Waals surface area contributed by atoms with Crippen LogP contribution in [0.4, 0.5) is 0 Å². The maximum absolute atomic E-state index is 11.9. The smallest absolute Gasteiger partial charge is 0.261 e. The Morgan fingerprint density at radius 3 is 2.45 bits per heavy atom. The fourth-order valence-corrected chi connectivity index (χ4v) is 2.04. The third kappa shape index (κ3) is 6.54. The molecule has 0 radical (unpaired) electrons. The summed E-state index contributed by atoms with van der Waals surface area (Å²) in [6, 6.07) is 4.73. The first-order chi connectivity index (χ1) is 10.1. The standard InChI is InChI=1S/C15H20Cl2N2O3/c1-9(22-12-6-5-10(16)7-11(12)17)14(21)18-8-13(20)19-15(2,3)4/h5-7,9H,8H2,1-4H3,(H,18,21)(H,19,20). The summed E-state index contributed by atoms with van der Waals surface area (Å²) < 4.78 is 5.46. The molecule has 0 saturated heterocycles. The number of rotatable bonds is 5. The number of carbonyl (C=O) groups is 2. The van der Waals surface area contributed by atoms with E-state index >= 15 is 0 Å². The highest BCUT2D eigenvalue weighted by molar-refractivity contribution is 6.35. The molecule has 0 spiro atoms. The summed E-state index contributed by atoms with van der Waals surface area (Å²) in [5.74, 6) is -0.319. The van der Waals surface area contributed by atoms with Crippen molar-refractivity contribution in [2.45, 2.75) is 39.3 Å². The lowest BCUT2D eigenvalue weighted by atomic mass is 10.1. The molecular weight excluding hydrogens is 327 g/mol. The SMILES string of the molecule is CC(Oc1ccc(Cl)cc1Cl)C(=O)NCC(=O)NC(C)(C)C. The van der Waals surface area contributed by atoms with Crippen LogP contribution in [0.3, 0.4) is 0 Å². The zero-order valence-corrected chi connectivity index (χ0v) is 14.5. The van der Waals surface area contributed by atoms with E-state index in [1.54, 1.807) is 19.1 Å². The summed E-state index contributed by atoms with van der Waals surface area (Å²) in [4.78, 5) is 23.5. The molecule has 0 aliphatic rings. The van der Waals surface area contributed by atoms with Gasteiger partial charge in [-0.3, -0.25) is 9.59 Å². The quantitative estimate of drug-likeness (QED) is 0.861. The van der Waals surface area contributed by atoms with Gasteiger partial charge in [-0.2, -0.15) is 0 Å². The Hall–Kier alpha value is -1.46. The highest BCUT2D eigenvalue weighted by Gasteiger charge is 2.18. The number of hydrogen-bond donors (Lipinski definition) is 2. The second-order valence-electron chi connectivity index (χ2n) is 5.85. The third-order valence-corrected chi connectivity index (χ3v) is 3.03. The number of nitrogens with one attached hydrogen (secondary N) is 2. The molecule has 0 aromatic heterocycles. The second-order valence-corrected chi connectivity index (χ2v) is 6.69. The first-order valence-corrected chi connectivity index (χ1v) is 7.54. The van der Waals surface area contributed by atoms with E-state index in [4.69, 9.17) is 27.9 Å². The van der Waals surface area contributed by atoms with Crippen molar-refractivity contribution < 1.29 is 14.3 Å². The molecule has 2 N–H and O–H groups in total. The summed E-state index contributed by atoms with van der Waals surface area (Å²) in [5.41, 5.74) is -0.346. The van der Waals surface area contributed by atoms with Crippen molar-refractivity contribution in [3.63, 3.8) is 0 Å². The van der Waals surface area contributed by atoms with Crippen LogP contribution in [0, 0.1) is 0 Å². The maximum Gasteiger partial charge on any atom is 0.261 e. The zero-order chi connectivity index (χ0) is 16.9. The van der Waals surface area contributed by atoms with Gasteiger partial charge in [0.1, 0.15) is 5.75 Å². The van der Waals surface area contributed by atoms with E-state index in [1.165, 1.54) is 6.07 Å². The van der Waals surface area contributed by atoms with Gasteiger partial charge in [-0.15, -0.1) is 0 Å². The van der Waals surface area contributed by atoms with Crippen LogP contribution in [0.2, 0.25) is 10.0 Å². The molecule has 0 fully saturated rings. The van der Waals surface area contributed by atoms with Crippen molar-refractivity contribution in [1.82, 2.24) is 10.6 Å². The lowest BCUT2D eigenvalue weighted by Crippen LogP contribution is -2.47. The van der Waals surface area contributed by atoms with Crippen molar-refractivity contribution in [2.24, 2.45) is 0 Å². The van der Waals surface area contributed by atoms with Gasteiger partial charge in [-0.1, -0.05) is 23.2 Å². The minimum atomic E-state index is -0.791. The molecule has 122 valence electrons. The van der Waals surface area contributed by atoms with Gasteiger partial charge in [0.05, 0.1) is 11.6 Å². The Morgan fingerprint density at radius 1 is 1.27 bits per heavy atom. The molecule has 1 atom stereocenters. The second kappa shape index (κ2) is 7.70. The van der Waals surface area contributed by atoms with E-state index in [9.17, 15) is 9.59 Å². The van der Waals surface area contributed by atoms with Crippen molar-refractivity contribution in [2.75, 3.05) is 6.54 Å². The first kappa shape index (κ1) is 18.6. The summed E-state index contributed by atoms with van der Waals surface area (Å²) in [6.07, 6.45) is -0.791. The van der Waals surface area contributed by atoms with Crippen molar-refractivity contribution in [3.8, 4) is 5.75 Å². The Balaban J connectivity index is 2.50. The predicted octanol–water partition coefficient (Wildman–Crippen LogP) is 2.79. The van der Waals surface area contributed by atoms with Crippen molar-refractivity contribution in [3.05, 3.63) is 28.2 Å². The van der Waals surface area contributed by atoms with Crippen LogP contribution in [-0.2, 0) is 9.59 Å². The van der Waals surface area contributed by atoms with Gasteiger partial charge in [0, 0.05) is 10.6 Å². The largest absolute Gasteiger partial charge is 0.479 e. The Bertz CT molecular complexity index is 556. The van der Waals surface area contributed by atoms with E-state index in [0.29, 0.717) is 15.8 Å². The van der Waals surface area contributed by atoms with Crippen molar-refractivity contribution in [1.29, 1.82) is 0 Å². The topological polar surface area (TPSA) is 67.4 Å². The van der Waals surface area contributed by atoms with Crippen LogP contribution in [0.15, 0.2) is 18.2 Å². The van der Waals surface area contributed by atoms with E-state index in [-0.39, 0.29) is 18.0 Å². The van der Waals surface area contributed by atoms with Gasteiger partial charge in [-0.05, 0) is 45.9 Å². The Kier molecular flexibility index (Phi) is 6.50. The summed E-state index contributed by atoms with van der Waals surface area (Å²) >= 11 is 11.8. The molecule has 0 aliphatic carbocycles. The van der Waals surface area contributed by atoms with Crippen LogP contribution in [0.25, 0.3) is 0 Å². The molecule has 2 amide bonds. The van der Waals surface area contributed by atoms with Gasteiger partial charge in [0.25, 0.3) is 5.91 Å². The molecule has 1 aromatic rings. The molecular formula is C15H20Cl2N2O3. The van der Waals surface area contributed by atoms with E-state index in [1.807, 2.05) is 20.8 Å². The molecule has 1 rings (SSSR count). The summed E-state index contributed by atoms with van der Waals surface area (Å²) in [5, 5.41) is 6.06. The number of hydrogen-bond acceptors (Lipinski definition) is 3. The normalized spacial score (nSPS) is 12.5. The number of amides is 2. The average Bonchev–Trinajstić information content (AvgIpc) is 2.37. The fraction of sp³-hybridized carbons (Fsp3) is 0.467. The molecule has 5 nitrogen and oxygen atoms in total. The monoisotopic (exact) mass is 346 g/mol. The van der Waals surface area contributed by atoms with Gasteiger partial charge >= 0.3 is 0 Å². The molecule has 0 heterocycles. The molecule has 1 unspecified atom stereocenters. The molecule has 0 aliphatic heterocycles.